The summed E-state index contributed by atoms with van der Waals surface area (Å²) in [6.45, 7) is -0.551. The largest absolute Gasteiger partial charge is 0.401 e. The van der Waals surface area contributed by atoms with Crippen LogP contribution >= 0.6 is 0 Å². The summed E-state index contributed by atoms with van der Waals surface area (Å²) < 4.78 is 76.0. The highest BCUT2D eigenvalue weighted by Crippen LogP contribution is 2.24. The third-order valence-corrected chi connectivity index (χ3v) is 3.39. The second kappa shape index (κ2) is 6.13. The maximum absolute atomic E-state index is 13.5. The maximum atomic E-state index is 13.5. The normalized spacial score (nSPS) is 18.0. The molecular formula is C13H14F6N2. The molecule has 1 aliphatic heterocycles. The van der Waals surface area contributed by atoms with E-state index in [0.29, 0.717) is 12.8 Å². The zero-order chi connectivity index (χ0) is 15.6. The molecule has 118 valence electrons. The van der Waals surface area contributed by atoms with E-state index in [4.69, 9.17) is 0 Å². The van der Waals surface area contributed by atoms with Gasteiger partial charge in [-0.25, -0.2) is 13.2 Å². The molecule has 0 bridgehead atoms. The molecule has 1 aromatic rings. The summed E-state index contributed by atoms with van der Waals surface area (Å²) in [6, 6.07) is 1.61. The summed E-state index contributed by atoms with van der Waals surface area (Å²) in [5.74, 6) is -4.15. The number of nitrogens with zero attached hydrogens (tertiary/aromatic N) is 1. The van der Waals surface area contributed by atoms with Crippen molar-refractivity contribution in [2.24, 2.45) is 0 Å². The molecule has 1 aliphatic rings. The molecule has 0 aromatic heterocycles. The molecule has 1 aromatic carbocycles. The van der Waals surface area contributed by atoms with E-state index in [0.717, 1.165) is 12.1 Å². The quantitative estimate of drug-likeness (QED) is 0.678. The van der Waals surface area contributed by atoms with Crippen molar-refractivity contribution in [1.29, 1.82) is 0 Å². The Morgan fingerprint density at radius 2 is 1.67 bits per heavy atom. The molecule has 2 rings (SSSR count). The van der Waals surface area contributed by atoms with Gasteiger partial charge in [-0.15, -0.1) is 0 Å². The van der Waals surface area contributed by atoms with E-state index in [1.165, 1.54) is 4.90 Å². The first-order chi connectivity index (χ1) is 9.76. The molecule has 0 saturated carbocycles. The molecule has 0 radical (unpaired) electrons. The van der Waals surface area contributed by atoms with E-state index in [1.54, 1.807) is 0 Å². The lowest BCUT2D eigenvalue weighted by Crippen LogP contribution is -2.43. The van der Waals surface area contributed by atoms with Crippen molar-refractivity contribution in [3.8, 4) is 0 Å². The minimum Gasteiger partial charge on any atom is -0.380 e. The van der Waals surface area contributed by atoms with Crippen molar-refractivity contribution in [3.05, 3.63) is 29.6 Å². The Balaban J connectivity index is 1.91. The molecule has 8 heteroatoms. The number of benzene rings is 1. The van der Waals surface area contributed by atoms with Gasteiger partial charge in [0.1, 0.15) is 0 Å². The molecule has 0 amide bonds. The molecule has 1 N–H and O–H groups in total. The van der Waals surface area contributed by atoms with E-state index in [2.05, 4.69) is 5.32 Å². The highest BCUT2D eigenvalue weighted by molar-refractivity contribution is 5.46. The lowest BCUT2D eigenvalue weighted by Gasteiger charge is -2.33. The Morgan fingerprint density at radius 3 is 2.24 bits per heavy atom. The van der Waals surface area contributed by atoms with Gasteiger partial charge in [0.25, 0.3) is 0 Å². The van der Waals surface area contributed by atoms with Crippen LogP contribution in [0.5, 0.6) is 0 Å². The number of alkyl halides is 3. The zero-order valence-electron chi connectivity index (χ0n) is 11.0. The lowest BCUT2D eigenvalue weighted by atomic mass is 10.0. The highest BCUT2D eigenvalue weighted by Gasteiger charge is 2.32. The van der Waals surface area contributed by atoms with Gasteiger partial charge in [0, 0.05) is 19.1 Å². The second-order valence-electron chi connectivity index (χ2n) is 5.03. The van der Waals surface area contributed by atoms with Gasteiger partial charge in [-0.1, -0.05) is 0 Å². The van der Waals surface area contributed by atoms with E-state index in [9.17, 15) is 26.3 Å². The molecule has 0 atom stereocenters. The van der Waals surface area contributed by atoms with Crippen LogP contribution in [0.25, 0.3) is 0 Å². The molecule has 2 nitrogen and oxygen atoms in total. The summed E-state index contributed by atoms with van der Waals surface area (Å²) >= 11 is 0. The van der Waals surface area contributed by atoms with Crippen molar-refractivity contribution < 1.29 is 26.3 Å². The van der Waals surface area contributed by atoms with E-state index < -0.39 is 30.2 Å². The zero-order valence-corrected chi connectivity index (χ0v) is 11.0. The van der Waals surface area contributed by atoms with Crippen LogP contribution in [0.15, 0.2) is 12.1 Å². The van der Waals surface area contributed by atoms with Crippen LogP contribution in [-0.2, 0) is 0 Å². The van der Waals surface area contributed by atoms with Gasteiger partial charge < -0.3 is 5.32 Å². The average Bonchev–Trinajstić information content (AvgIpc) is 2.40. The molecule has 1 heterocycles. The summed E-state index contributed by atoms with van der Waals surface area (Å²) in [6.07, 6.45) is -3.50. The van der Waals surface area contributed by atoms with Crippen LogP contribution in [0.3, 0.4) is 0 Å². The third-order valence-electron chi connectivity index (χ3n) is 3.39. The molecule has 0 unspecified atom stereocenters. The monoisotopic (exact) mass is 312 g/mol. The Kier molecular flexibility index (Phi) is 4.65. The van der Waals surface area contributed by atoms with Crippen LogP contribution in [0.1, 0.15) is 12.8 Å². The molecule has 1 saturated heterocycles. The van der Waals surface area contributed by atoms with Gasteiger partial charge in [0.15, 0.2) is 17.5 Å². The molecule has 1 fully saturated rings. The number of halogens is 6. The fourth-order valence-electron chi connectivity index (χ4n) is 2.35. The van der Waals surface area contributed by atoms with Crippen LogP contribution < -0.4 is 5.32 Å². The third kappa shape index (κ3) is 4.26. The number of rotatable bonds is 3. The Labute approximate surface area is 117 Å². The van der Waals surface area contributed by atoms with E-state index in [-0.39, 0.29) is 24.8 Å². The van der Waals surface area contributed by atoms with Crippen LogP contribution in [-0.4, -0.2) is 36.8 Å². The van der Waals surface area contributed by atoms with Gasteiger partial charge in [-0.3, -0.25) is 4.90 Å². The number of hydrogen-bond acceptors (Lipinski definition) is 2. The van der Waals surface area contributed by atoms with Gasteiger partial charge >= 0.3 is 6.18 Å². The molecule has 21 heavy (non-hydrogen) atoms. The van der Waals surface area contributed by atoms with Crippen molar-refractivity contribution in [1.82, 2.24) is 4.90 Å². The van der Waals surface area contributed by atoms with Crippen molar-refractivity contribution in [3.63, 3.8) is 0 Å². The molecular weight excluding hydrogens is 298 g/mol. The van der Waals surface area contributed by atoms with Gasteiger partial charge in [0.2, 0.25) is 0 Å². The summed E-state index contributed by atoms with van der Waals surface area (Å²) in [7, 11) is 0. The van der Waals surface area contributed by atoms with Gasteiger partial charge in [-0.2, -0.15) is 13.2 Å². The fraction of sp³-hybridized carbons (Fsp3) is 0.538. The Bertz CT molecular complexity index is 494. The number of likely N-dealkylation sites (tertiary alicyclic amines) is 1. The summed E-state index contributed by atoms with van der Waals surface area (Å²) in [5, 5.41) is 2.71. The first kappa shape index (κ1) is 15.9. The average molecular weight is 312 g/mol. The maximum Gasteiger partial charge on any atom is 0.401 e. The second-order valence-corrected chi connectivity index (χ2v) is 5.03. The SMILES string of the molecule is Fc1ccc(NC2CCN(CC(F)(F)F)CC2)c(F)c1F. The Hall–Kier alpha value is -1.44. The van der Waals surface area contributed by atoms with E-state index in [1.807, 2.05) is 0 Å². The van der Waals surface area contributed by atoms with E-state index >= 15 is 0 Å². The highest BCUT2D eigenvalue weighted by atomic mass is 19.4. The number of piperidine rings is 1. The standard InChI is InChI=1S/C13H14F6N2/c14-9-1-2-10(12(16)11(9)15)20-8-3-5-21(6-4-8)7-13(17,18)19/h1-2,8,20H,3-7H2. The topological polar surface area (TPSA) is 15.3 Å². The van der Waals surface area contributed by atoms with Crippen LogP contribution in [0, 0.1) is 17.5 Å². The predicted molar refractivity (Wildman–Crippen MR) is 65.5 cm³/mol. The minimum absolute atomic E-state index is 0.178. The number of hydrogen-bond donors (Lipinski definition) is 1. The Morgan fingerprint density at radius 1 is 1.05 bits per heavy atom. The molecule has 0 spiro atoms. The number of nitrogens with one attached hydrogen (secondary N) is 1. The molecule has 0 aliphatic carbocycles. The first-order valence-corrected chi connectivity index (χ1v) is 6.45. The smallest absolute Gasteiger partial charge is 0.380 e. The van der Waals surface area contributed by atoms with Crippen molar-refractivity contribution >= 4 is 5.69 Å². The first-order valence-electron chi connectivity index (χ1n) is 6.45. The summed E-state index contributed by atoms with van der Waals surface area (Å²) in [4.78, 5) is 1.26. The summed E-state index contributed by atoms with van der Waals surface area (Å²) in [5.41, 5.74) is -0.178. The fourth-order valence-corrected chi connectivity index (χ4v) is 2.35. The van der Waals surface area contributed by atoms with Gasteiger partial charge in [0.05, 0.1) is 12.2 Å². The van der Waals surface area contributed by atoms with Crippen LogP contribution in [0.4, 0.5) is 32.0 Å². The van der Waals surface area contributed by atoms with Crippen molar-refractivity contribution in [2.45, 2.75) is 25.1 Å². The van der Waals surface area contributed by atoms with Crippen LogP contribution in [0.2, 0.25) is 0 Å². The van der Waals surface area contributed by atoms with Crippen molar-refractivity contribution in [2.75, 3.05) is 25.0 Å². The minimum atomic E-state index is -4.24. The lowest BCUT2D eigenvalue weighted by molar-refractivity contribution is -0.147. The number of anilines is 1. The predicted octanol–water partition coefficient (Wildman–Crippen LogP) is 3.54. The van der Waals surface area contributed by atoms with Gasteiger partial charge in [-0.05, 0) is 25.0 Å².